The van der Waals surface area contributed by atoms with Crippen LogP contribution in [0.5, 0.6) is 0 Å². The van der Waals surface area contributed by atoms with E-state index in [9.17, 15) is 9.59 Å². The van der Waals surface area contributed by atoms with Gasteiger partial charge in [0.05, 0.1) is 18.1 Å². The maximum atomic E-state index is 11.7. The molecule has 2 rings (SSSR count). The van der Waals surface area contributed by atoms with Crippen LogP contribution in [0, 0.1) is 0 Å². The van der Waals surface area contributed by atoms with E-state index in [2.05, 4.69) is 14.7 Å². The second-order valence-corrected chi connectivity index (χ2v) is 3.47. The van der Waals surface area contributed by atoms with Gasteiger partial charge in [0.2, 0.25) is 0 Å². The van der Waals surface area contributed by atoms with Crippen LogP contribution in [0.4, 0.5) is 0 Å². The quantitative estimate of drug-likeness (QED) is 0.716. The molecule has 0 bridgehead atoms. The van der Waals surface area contributed by atoms with E-state index in [1.807, 2.05) is 0 Å². The number of nitrogens with one attached hydrogen (secondary N) is 1. The molecule has 6 heteroatoms. The topological polar surface area (TPSA) is 98.1 Å². The molecule has 2 aromatic rings. The lowest BCUT2D eigenvalue weighted by Crippen LogP contribution is -2.30. The number of esters is 1. The highest BCUT2D eigenvalue weighted by Gasteiger charge is 2.21. The number of fused-ring (bicyclic) bond motifs is 1. The first kappa shape index (κ1) is 11.3. The highest BCUT2D eigenvalue weighted by Crippen LogP contribution is 2.10. The Morgan fingerprint density at radius 2 is 2.18 bits per heavy atom. The minimum absolute atomic E-state index is 0.0458. The summed E-state index contributed by atoms with van der Waals surface area (Å²) in [4.78, 5) is 29.6. The van der Waals surface area contributed by atoms with Gasteiger partial charge in [0.1, 0.15) is 5.69 Å². The van der Waals surface area contributed by atoms with Crippen LogP contribution in [0.3, 0.4) is 0 Å². The highest BCUT2D eigenvalue weighted by molar-refractivity contribution is 5.78. The summed E-state index contributed by atoms with van der Waals surface area (Å²) in [6, 6.07) is 5.82. The molecule has 0 saturated carbocycles. The van der Waals surface area contributed by atoms with Crippen LogP contribution >= 0.6 is 0 Å². The molecule has 0 saturated heterocycles. The molecular formula is C11H11N3O3. The Hall–Kier alpha value is -2.21. The number of hydrogen-bond acceptors (Lipinski definition) is 5. The van der Waals surface area contributed by atoms with Crippen molar-refractivity contribution >= 4 is 17.0 Å². The molecule has 0 amide bonds. The Balaban J connectivity index is 2.58. The van der Waals surface area contributed by atoms with Crippen molar-refractivity contribution in [2.24, 2.45) is 5.73 Å². The first-order valence-corrected chi connectivity index (χ1v) is 4.96. The van der Waals surface area contributed by atoms with E-state index in [0.29, 0.717) is 11.0 Å². The van der Waals surface area contributed by atoms with Gasteiger partial charge >= 0.3 is 5.97 Å². The van der Waals surface area contributed by atoms with E-state index in [-0.39, 0.29) is 5.69 Å². The third-order valence-electron chi connectivity index (χ3n) is 2.38. The fraction of sp³-hybridized carbons (Fsp3) is 0.182. The average molecular weight is 233 g/mol. The number of carbonyl (C=O) groups is 1. The second kappa shape index (κ2) is 4.34. The minimum Gasteiger partial charge on any atom is -0.468 e. The van der Waals surface area contributed by atoms with Crippen LogP contribution in [0.15, 0.2) is 29.1 Å². The molecule has 3 N–H and O–H groups in total. The van der Waals surface area contributed by atoms with Crippen molar-refractivity contribution in [3.8, 4) is 0 Å². The normalized spacial score (nSPS) is 12.4. The van der Waals surface area contributed by atoms with Crippen molar-refractivity contribution in [2.75, 3.05) is 7.11 Å². The standard InChI is InChI=1S/C11H11N3O3/c1-17-11(16)8(12)9-10(15)14-7-5-3-2-4-6(7)13-9/h2-5,8H,12H2,1H3,(H,14,15). The number of carbonyl (C=O) groups excluding carboxylic acids is 1. The van der Waals surface area contributed by atoms with Crippen molar-refractivity contribution in [1.29, 1.82) is 0 Å². The lowest BCUT2D eigenvalue weighted by Gasteiger charge is -2.08. The predicted octanol–water partition coefficient (Wildman–Crippen LogP) is 0.0959. The van der Waals surface area contributed by atoms with Crippen LogP contribution in [-0.4, -0.2) is 23.0 Å². The molecule has 0 fully saturated rings. The molecule has 1 aromatic heterocycles. The molecule has 1 heterocycles. The van der Waals surface area contributed by atoms with Gasteiger partial charge in [-0.25, -0.2) is 9.78 Å². The van der Waals surface area contributed by atoms with Crippen LogP contribution in [0.1, 0.15) is 11.7 Å². The number of ether oxygens (including phenoxy) is 1. The number of para-hydroxylation sites is 2. The molecule has 0 aliphatic rings. The van der Waals surface area contributed by atoms with E-state index in [1.54, 1.807) is 24.3 Å². The van der Waals surface area contributed by atoms with Crippen molar-refractivity contribution in [3.63, 3.8) is 0 Å². The molecule has 0 spiro atoms. The third-order valence-corrected chi connectivity index (χ3v) is 2.38. The number of H-pyrrole nitrogens is 1. The summed E-state index contributed by atoms with van der Waals surface area (Å²) >= 11 is 0. The van der Waals surface area contributed by atoms with E-state index >= 15 is 0 Å². The van der Waals surface area contributed by atoms with E-state index in [0.717, 1.165) is 0 Å². The fourth-order valence-corrected chi connectivity index (χ4v) is 1.49. The highest BCUT2D eigenvalue weighted by atomic mass is 16.5. The zero-order valence-corrected chi connectivity index (χ0v) is 9.14. The number of benzene rings is 1. The number of hydrogen-bond donors (Lipinski definition) is 2. The van der Waals surface area contributed by atoms with Gasteiger partial charge < -0.3 is 15.5 Å². The summed E-state index contributed by atoms with van der Waals surface area (Å²) in [6.07, 6.45) is 0. The van der Waals surface area contributed by atoms with Gasteiger partial charge in [0, 0.05) is 0 Å². The molecule has 0 aliphatic carbocycles. The monoisotopic (exact) mass is 233 g/mol. The summed E-state index contributed by atoms with van der Waals surface area (Å²) < 4.78 is 4.48. The molecule has 0 radical (unpaired) electrons. The second-order valence-electron chi connectivity index (χ2n) is 3.47. The van der Waals surface area contributed by atoms with Crippen molar-refractivity contribution in [1.82, 2.24) is 9.97 Å². The van der Waals surface area contributed by atoms with Crippen LogP contribution in [-0.2, 0) is 9.53 Å². The maximum absolute atomic E-state index is 11.7. The van der Waals surface area contributed by atoms with Gasteiger partial charge in [0.25, 0.3) is 5.56 Å². The zero-order valence-electron chi connectivity index (χ0n) is 9.14. The van der Waals surface area contributed by atoms with Crippen LogP contribution < -0.4 is 11.3 Å². The Bertz CT molecular complexity index is 621. The largest absolute Gasteiger partial charge is 0.468 e. The van der Waals surface area contributed by atoms with Crippen LogP contribution in [0.2, 0.25) is 0 Å². The van der Waals surface area contributed by atoms with Crippen molar-refractivity contribution in [2.45, 2.75) is 6.04 Å². The zero-order chi connectivity index (χ0) is 12.4. The smallest absolute Gasteiger partial charge is 0.329 e. The summed E-state index contributed by atoms with van der Waals surface area (Å²) in [5, 5.41) is 0. The first-order valence-electron chi connectivity index (χ1n) is 4.96. The maximum Gasteiger partial charge on any atom is 0.329 e. The summed E-state index contributed by atoms with van der Waals surface area (Å²) in [5.74, 6) is -0.696. The molecule has 0 aliphatic heterocycles. The summed E-state index contributed by atoms with van der Waals surface area (Å²) in [6.45, 7) is 0. The number of rotatable bonds is 2. The van der Waals surface area contributed by atoms with Crippen molar-refractivity contribution in [3.05, 3.63) is 40.3 Å². The molecule has 17 heavy (non-hydrogen) atoms. The Morgan fingerprint density at radius 3 is 2.88 bits per heavy atom. The lowest BCUT2D eigenvalue weighted by atomic mass is 10.2. The van der Waals surface area contributed by atoms with Gasteiger partial charge in [-0.15, -0.1) is 0 Å². The predicted molar refractivity (Wildman–Crippen MR) is 61.3 cm³/mol. The summed E-state index contributed by atoms with van der Waals surface area (Å²) in [5.41, 5.74) is 6.22. The Labute approximate surface area is 96.4 Å². The van der Waals surface area contributed by atoms with Gasteiger partial charge in [0.15, 0.2) is 6.04 Å². The number of aromatic nitrogens is 2. The lowest BCUT2D eigenvalue weighted by molar-refractivity contribution is -0.142. The minimum atomic E-state index is -1.17. The number of nitrogens with two attached hydrogens (primary N) is 1. The van der Waals surface area contributed by atoms with Gasteiger partial charge in [-0.2, -0.15) is 0 Å². The summed E-state index contributed by atoms with van der Waals surface area (Å²) in [7, 11) is 1.21. The van der Waals surface area contributed by atoms with Crippen molar-refractivity contribution < 1.29 is 9.53 Å². The molecule has 1 aromatic carbocycles. The van der Waals surface area contributed by atoms with Gasteiger partial charge in [-0.05, 0) is 12.1 Å². The van der Waals surface area contributed by atoms with E-state index in [4.69, 9.17) is 5.73 Å². The van der Waals surface area contributed by atoms with Gasteiger partial charge in [-0.1, -0.05) is 12.1 Å². The molecular weight excluding hydrogens is 222 g/mol. The number of methoxy groups -OCH3 is 1. The SMILES string of the molecule is COC(=O)C(N)c1nc2ccccc2[nH]c1=O. The average Bonchev–Trinajstić information content (AvgIpc) is 2.36. The fourth-order valence-electron chi connectivity index (χ4n) is 1.49. The van der Waals surface area contributed by atoms with Crippen LogP contribution in [0.25, 0.3) is 11.0 Å². The molecule has 1 atom stereocenters. The van der Waals surface area contributed by atoms with Gasteiger partial charge in [-0.3, -0.25) is 4.79 Å². The van der Waals surface area contributed by atoms with E-state index in [1.165, 1.54) is 7.11 Å². The van der Waals surface area contributed by atoms with E-state index < -0.39 is 17.6 Å². The third kappa shape index (κ3) is 2.02. The number of nitrogens with zero attached hydrogens (tertiary/aromatic N) is 1. The molecule has 6 nitrogen and oxygen atoms in total. The number of aromatic amines is 1. The molecule has 88 valence electrons. The Kier molecular flexibility index (Phi) is 2.88. The Morgan fingerprint density at radius 1 is 1.47 bits per heavy atom. The first-order chi connectivity index (χ1) is 8.13. The molecule has 1 unspecified atom stereocenters.